The molecule has 2 aliphatic heterocycles. The molecule has 0 aromatic carbocycles. The molecule has 0 aliphatic carbocycles. The first-order valence-electron chi connectivity index (χ1n) is 8.04. The van der Waals surface area contributed by atoms with E-state index in [1.54, 1.807) is 6.07 Å². The van der Waals surface area contributed by atoms with Crippen LogP contribution in [0.25, 0.3) is 0 Å². The Morgan fingerprint density at radius 1 is 1.33 bits per heavy atom. The topological polar surface area (TPSA) is 119 Å². The molecule has 4 atom stereocenters. The highest BCUT2D eigenvalue weighted by Gasteiger charge is 2.55. The first-order chi connectivity index (χ1) is 11.4. The van der Waals surface area contributed by atoms with Crippen LogP contribution in [0.15, 0.2) is 6.07 Å². The number of nitrogens with two attached hydrogens (primary N) is 1. The number of ether oxygens (including phenoxy) is 1. The van der Waals surface area contributed by atoms with Crippen LogP contribution in [0, 0.1) is 11.8 Å². The molecule has 2 fully saturated rings. The average Bonchev–Trinajstić information content (AvgIpc) is 3.20. The number of rotatable bonds is 6. The molecule has 2 bridgehead atoms. The molecule has 3 rings (SSSR count). The van der Waals surface area contributed by atoms with Crippen LogP contribution in [0.3, 0.4) is 0 Å². The van der Waals surface area contributed by atoms with Crippen LogP contribution in [-0.4, -0.2) is 35.1 Å². The summed E-state index contributed by atoms with van der Waals surface area (Å²) in [4.78, 5) is 36.7. The minimum atomic E-state index is -1.02. The lowest BCUT2D eigenvalue weighted by atomic mass is 9.79. The summed E-state index contributed by atoms with van der Waals surface area (Å²) in [5, 5.41) is 12.5. The Labute approximate surface area is 143 Å². The first-order valence-corrected chi connectivity index (χ1v) is 8.85. The van der Waals surface area contributed by atoms with Crippen molar-refractivity contribution >= 4 is 34.1 Å². The number of aliphatic carboxylic acids is 1. The molecule has 4 N–H and O–H groups in total. The fourth-order valence-electron chi connectivity index (χ4n) is 3.61. The van der Waals surface area contributed by atoms with Gasteiger partial charge < -0.3 is 20.9 Å². The van der Waals surface area contributed by atoms with Crippen molar-refractivity contribution in [1.29, 1.82) is 0 Å². The fraction of sp³-hybridized carbons (Fsp3) is 0.562. The van der Waals surface area contributed by atoms with E-state index in [-0.39, 0.29) is 11.7 Å². The van der Waals surface area contributed by atoms with E-state index >= 15 is 0 Å². The van der Waals surface area contributed by atoms with E-state index in [4.69, 9.17) is 10.5 Å². The number of hydrogen-bond acceptors (Lipinski definition) is 5. The Morgan fingerprint density at radius 3 is 2.58 bits per heavy atom. The van der Waals surface area contributed by atoms with Gasteiger partial charge in [0.15, 0.2) is 0 Å². The number of amides is 2. The van der Waals surface area contributed by atoms with Gasteiger partial charge in [-0.05, 0) is 25.3 Å². The highest BCUT2D eigenvalue weighted by Crippen LogP contribution is 2.44. The summed E-state index contributed by atoms with van der Waals surface area (Å²) < 4.78 is 5.61. The highest BCUT2D eigenvalue weighted by atomic mass is 32.1. The summed E-state index contributed by atoms with van der Waals surface area (Å²) >= 11 is 1.31. The molecule has 1 aromatic rings. The maximum Gasteiger partial charge on any atom is 0.310 e. The summed E-state index contributed by atoms with van der Waals surface area (Å²) in [6.07, 6.45) is 2.27. The van der Waals surface area contributed by atoms with Gasteiger partial charge in [0.05, 0.1) is 29.6 Å². The van der Waals surface area contributed by atoms with Crippen molar-refractivity contribution in [1.82, 2.24) is 0 Å². The van der Waals surface area contributed by atoms with E-state index in [0.717, 1.165) is 17.7 Å². The van der Waals surface area contributed by atoms with Crippen molar-refractivity contribution in [2.24, 2.45) is 17.6 Å². The lowest BCUT2D eigenvalue weighted by molar-refractivity contribution is -0.147. The number of carbonyl (C=O) groups is 3. The third-order valence-corrected chi connectivity index (χ3v) is 5.75. The lowest BCUT2D eigenvalue weighted by Gasteiger charge is -2.23. The average molecular weight is 352 g/mol. The molecule has 24 heavy (non-hydrogen) atoms. The van der Waals surface area contributed by atoms with E-state index in [2.05, 4.69) is 5.32 Å². The summed E-state index contributed by atoms with van der Waals surface area (Å²) in [6, 6.07) is 1.69. The molecule has 0 spiro atoms. The molecule has 130 valence electrons. The van der Waals surface area contributed by atoms with E-state index in [0.29, 0.717) is 17.8 Å². The number of carboxylic acid groups (broad SMARTS) is 1. The lowest BCUT2D eigenvalue weighted by Crippen LogP contribution is -2.41. The normalized spacial score (nSPS) is 28.0. The Morgan fingerprint density at radius 2 is 2.00 bits per heavy atom. The minimum Gasteiger partial charge on any atom is -0.481 e. The molecule has 2 saturated heterocycles. The number of carbonyl (C=O) groups excluding carboxylic acids is 2. The predicted molar refractivity (Wildman–Crippen MR) is 88.0 cm³/mol. The van der Waals surface area contributed by atoms with Gasteiger partial charge in [0, 0.05) is 4.88 Å². The smallest absolute Gasteiger partial charge is 0.310 e. The molecule has 0 saturated carbocycles. The predicted octanol–water partition coefficient (Wildman–Crippen LogP) is 1.62. The van der Waals surface area contributed by atoms with Crippen molar-refractivity contribution in [3.05, 3.63) is 16.5 Å². The third kappa shape index (κ3) is 2.91. The van der Waals surface area contributed by atoms with Gasteiger partial charge >= 0.3 is 5.97 Å². The summed E-state index contributed by atoms with van der Waals surface area (Å²) in [7, 11) is 0. The number of primary amides is 1. The van der Waals surface area contributed by atoms with Crippen LogP contribution in [0.1, 0.15) is 41.4 Å². The van der Waals surface area contributed by atoms with Crippen LogP contribution in [0.4, 0.5) is 5.00 Å². The van der Waals surface area contributed by atoms with Gasteiger partial charge in [-0.15, -0.1) is 11.3 Å². The Bertz CT molecular complexity index is 686. The molecule has 0 unspecified atom stereocenters. The zero-order chi connectivity index (χ0) is 17.4. The Balaban J connectivity index is 1.82. The van der Waals surface area contributed by atoms with Crippen LogP contribution in [-0.2, 0) is 20.7 Å². The van der Waals surface area contributed by atoms with Crippen LogP contribution >= 0.6 is 11.3 Å². The molecule has 2 amide bonds. The maximum atomic E-state index is 12.7. The maximum absolute atomic E-state index is 12.7. The number of carboxylic acids is 1. The highest BCUT2D eigenvalue weighted by molar-refractivity contribution is 7.16. The summed E-state index contributed by atoms with van der Waals surface area (Å²) in [5.74, 6) is -3.62. The second-order valence-corrected chi connectivity index (χ2v) is 7.38. The molecule has 0 radical (unpaired) electrons. The van der Waals surface area contributed by atoms with Crippen molar-refractivity contribution in [2.45, 2.75) is 44.8 Å². The minimum absolute atomic E-state index is 0.271. The fourth-order valence-corrected chi connectivity index (χ4v) is 4.77. The number of thiophene rings is 1. The first kappa shape index (κ1) is 16.9. The van der Waals surface area contributed by atoms with E-state index in [1.165, 1.54) is 11.3 Å². The Hall–Kier alpha value is -1.93. The van der Waals surface area contributed by atoms with E-state index in [9.17, 15) is 19.5 Å². The zero-order valence-corrected chi connectivity index (χ0v) is 14.1. The second-order valence-electron chi connectivity index (χ2n) is 6.24. The SMILES string of the molecule is CCCc1cc(C(N)=O)c(NC(=O)[C@@H]2[C@@H](C(=O)O)[C@@H]3CC[C@H]2O3)s1. The Kier molecular flexibility index (Phi) is 4.60. The van der Waals surface area contributed by atoms with Crippen LogP contribution in [0.2, 0.25) is 0 Å². The van der Waals surface area contributed by atoms with Gasteiger partial charge in [-0.2, -0.15) is 0 Å². The van der Waals surface area contributed by atoms with Crippen molar-refractivity contribution in [3.8, 4) is 0 Å². The standard InChI is InChI=1S/C16H20N2O5S/c1-2-3-7-6-8(13(17)19)15(24-7)18-14(20)11-9-4-5-10(23-9)12(11)16(21)22/h6,9-12H,2-5H2,1H3,(H2,17,19)(H,18,20)(H,21,22)/t9-,10+,11+,12+/m1/s1. The van der Waals surface area contributed by atoms with Gasteiger partial charge in [-0.25, -0.2) is 0 Å². The largest absolute Gasteiger partial charge is 0.481 e. The van der Waals surface area contributed by atoms with Crippen molar-refractivity contribution in [3.63, 3.8) is 0 Å². The van der Waals surface area contributed by atoms with Gasteiger partial charge in [-0.1, -0.05) is 13.3 Å². The monoisotopic (exact) mass is 352 g/mol. The summed E-state index contributed by atoms with van der Waals surface area (Å²) in [5.41, 5.74) is 5.66. The van der Waals surface area contributed by atoms with Crippen molar-refractivity contribution < 1.29 is 24.2 Å². The molecule has 8 heteroatoms. The van der Waals surface area contributed by atoms with Crippen molar-refractivity contribution in [2.75, 3.05) is 5.32 Å². The number of anilines is 1. The molecular formula is C16H20N2O5S. The number of hydrogen-bond donors (Lipinski definition) is 3. The number of fused-ring (bicyclic) bond motifs is 2. The summed E-state index contributed by atoms with van der Waals surface area (Å²) in [6.45, 7) is 2.02. The molecule has 2 aliphatic rings. The van der Waals surface area contributed by atoms with Gasteiger partial charge in [0.2, 0.25) is 5.91 Å². The zero-order valence-electron chi connectivity index (χ0n) is 13.3. The quantitative estimate of drug-likeness (QED) is 0.719. The molecular weight excluding hydrogens is 332 g/mol. The van der Waals surface area contributed by atoms with Gasteiger partial charge in [-0.3, -0.25) is 14.4 Å². The number of aryl methyl sites for hydroxylation is 1. The van der Waals surface area contributed by atoms with Gasteiger partial charge in [0.25, 0.3) is 5.91 Å². The van der Waals surface area contributed by atoms with Gasteiger partial charge in [0.1, 0.15) is 5.00 Å². The van der Waals surface area contributed by atoms with E-state index in [1.807, 2.05) is 6.92 Å². The second kappa shape index (κ2) is 6.52. The van der Waals surface area contributed by atoms with E-state index < -0.39 is 35.7 Å². The molecule has 7 nitrogen and oxygen atoms in total. The molecule has 3 heterocycles. The number of nitrogens with one attached hydrogen (secondary N) is 1. The van der Waals surface area contributed by atoms with Crippen LogP contribution < -0.4 is 11.1 Å². The van der Waals surface area contributed by atoms with Crippen LogP contribution in [0.5, 0.6) is 0 Å². The third-order valence-electron chi connectivity index (χ3n) is 4.64. The molecule has 1 aromatic heterocycles.